The molecular formula is C42H49N9O4S. The number of carbonyl (C=O) groups is 2. The van der Waals surface area contributed by atoms with E-state index in [1.807, 2.05) is 66.4 Å². The summed E-state index contributed by atoms with van der Waals surface area (Å²) in [6.45, 7) is 12.3. The van der Waals surface area contributed by atoms with Gasteiger partial charge in [0.2, 0.25) is 0 Å². The largest absolute Gasteiger partial charge is 0.483 e. The minimum absolute atomic E-state index is 0.0805. The highest BCUT2D eigenvalue weighted by Gasteiger charge is 2.28. The molecule has 0 atom stereocenters. The number of ether oxygens (including phenoxy) is 2. The Morgan fingerprint density at radius 1 is 0.893 bits per heavy atom. The summed E-state index contributed by atoms with van der Waals surface area (Å²) in [6, 6.07) is 23.4. The molecule has 56 heavy (non-hydrogen) atoms. The maximum atomic E-state index is 13.5. The Hall–Kier alpha value is -5.18. The van der Waals surface area contributed by atoms with E-state index >= 15 is 0 Å². The summed E-state index contributed by atoms with van der Waals surface area (Å²) >= 11 is 1.84. The SMILES string of the molecule is CC(C)(C)c1cc(NC(=O)Nc2ccc(OCC(=O)N3CCn4c(nnc4-c4ccccc4SCCN4CCOCC4)C3)c3c2CCC3)n(-c2ccccc2)n1. The highest BCUT2D eigenvalue weighted by Crippen LogP contribution is 2.37. The minimum Gasteiger partial charge on any atom is -0.483 e. The number of aromatic nitrogens is 5. The average Bonchev–Trinajstić information content (AvgIpc) is 3.98. The number of hydrogen-bond acceptors (Lipinski definition) is 9. The molecule has 3 aromatic carbocycles. The van der Waals surface area contributed by atoms with Crippen LogP contribution in [0, 0.1) is 0 Å². The van der Waals surface area contributed by atoms with Crippen LogP contribution in [-0.4, -0.2) is 98.0 Å². The van der Waals surface area contributed by atoms with E-state index in [1.165, 1.54) is 4.90 Å². The van der Waals surface area contributed by atoms with Crippen LogP contribution in [-0.2, 0) is 40.9 Å². The number of para-hydroxylation sites is 1. The number of rotatable bonds is 11. The van der Waals surface area contributed by atoms with Crippen LogP contribution in [0.4, 0.5) is 16.3 Å². The second-order valence-corrected chi connectivity index (χ2v) is 16.5. The van der Waals surface area contributed by atoms with Crippen LogP contribution in [0.2, 0.25) is 0 Å². The fourth-order valence-electron chi connectivity index (χ4n) is 7.49. The lowest BCUT2D eigenvalue weighted by molar-refractivity contribution is -0.134. The van der Waals surface area contributed by atoms with Crippen LogP contribution in [0.25, 0.3) is 17.1 Å². The predicted molar refractivity (Wildman–Crippen MR) is 218 cm³/mol. The zero-order valence-corrected chi connectivity index (χ0v) is 33.1. The Morgan fingerprint density at radius 2 is 1.68 bits per heavy atom. The van der Waals surface area contributed by atoms with Gasteiger partial charge in [-0.15, -0.1) is 22.0 Å². The van der Waals surface area contributed by atoms with Crippen molar-refractivity contribution in [1.82, 2.24) is 34.3 Å². The van der Waals surface area contributed by atoms with Gasteiger partial charge in [-0.05, 0) is 60.7 Å². The molecule has 3 aliphatic rings. The van der Waals surface area contributed by atoms with Gasteiger partial charge in [0.1, 0.15) is 11.6 Å². The fraction of sp³-hybridized carbons (Fsp3) is 0.405. The summed E-state index contributed by atoms with van der Waals surface area (Å²) in [4.78, 5) is 32.3. The maximum absolute atomic E-state index is 13.5. The van der Waals surface area contributed by atoms with Gasteiger partial charge in [-0.1, -0.05) is 57.2 Å². The molecule has 0 bridgehead atoms. The zero-order valence-electron chi connectivity index (χ0n) is 32.3. The summed E-state index contributed by atoms with van der Waals surface area (Å²) in [5.74, 6) is 3.76. The number of morpholine rings is 1. The molecule has 8 rings (SSSR count). The summed E-state index contributed by atoms with van der Waals surface area (Å²) in [6.07, 6.45) is 2.56. The number of anilines is 2. The van der Waals surface area contributed by atoms with E-state index in [0.717, 1.165) is 103 Å². The molecule has 0 spiro atoms. The van der Waals surface area contributed by atoms with Gasteiger partial charge in [0.25, 0.3) is 5.91 Å². The first-order chi connectivity index (χ1) is 27.2. The predicted octanol–water partition coefficient (Wildman–Crippen LogP) is 6.41. The summed E-state index contributed by atoms with van der Waals surface area (Å²) in [5.41, 5.74) is 5.41. The zero-order chi connectivity index (χ0) is 38.6. The second kappa shape index (κ2) is 16.5. The van der Waals surface area contributed by atoms with Gasteiger partial charge in [0.15, 0.2) is 18.3 Å². The first kappa shape index (κ1) is 37.7. The van der Waals surface area contributed by atoms with Crippen molar-refractivity contribution in [3.8, 4) is 22.8 Å². The number of thioether (sulfide) groups is 1. The molecule has 5 aromatic rings. The van der Waals surface area contributed by atoms with Gasteiger partial charge in [0.05, 0.1) is 31.1 Å². The van der Waals surface area contributed by atoms with Crippen molar-refractivity contribution in [2.24, 2.45) is 0 Å². The molecule has 0 radical (unpaired) electrons. The van der Waals surface area contributed by atoms with Crippen LogP contribution in [0.15, 0.2) is 77.7 Å². The van der Waals surface area contributed by atoms with Crippen LogP contribution in [0.3, 0.4) is 0 Å². The third kappa shape index (κ3) is 8.32. The standard InChI is InChI=1S/C42H49N9O4S/c1-42(2,3)36-26-37(51(47-36)29-10-5-4-6-11-29)44-41(53)43-33-16-17-34(31-14-9-13-30(31)33)55-28-39(52)49-18-19-50-38(27-49)45-46-40(50)32-12-7-8-15-35(32)56-25-22-48-20-23-54-24-21-48/h4-8,10-12,15-17,26H,9,13-14,18-25,27-28H2,1-3H3,(H2,43,44,53). The molecule has 2 aliphatic heterocycles. The Balaban J connectivity index is 0.887. The number of benzene rings is 3. The Labute approximate surface area is 331 Å². The summed E-state index contributed by atoms with van der Waals surface area (Å²) in [7, 11) is 0. The Morgan fingerprint density at radius 3 is 2.50 bits per heavy atom. The van der Waals surface area contributed by atoms with E-state index < -0.39 is 0 Å². The van der Waals surface area contributed by atoms with Gasteiger partial charge in [0, 0.05) is 66.1 Å². The van der Waals surface area contributed by atoms with Crippen LogP contribution in [0.5, 0.6) is 5.75 Å². The molecule has 14 heteroatoms. The third-order valence-corrected chi connectivity index (χ3v) is 11.6. The number of urea groups is 1. The van der Waals surface area contributed by atoms with Crippen molar-refractivity contribution in [2.45, 2.75) is 63.4 Å². The van der Waals surface area contributed by atoms with E-state index in [1.54, 1.807) is 9.58 Å². The van der Waals surface area contributed by atoms with Crippen LogP contribution >= 0.6 is 11.8 Å². The fourth-order valence-corrected chi connectivity index (χ4v) is 8.54. The molecule has 13 nitrogen and oxygen atoms in total. The molecule has 0 saturated carbocycles. The molecule has 292 valence electrons. The smallest absolute Gasteiger partial charge is 0.324 e. The number of hydrogen-bond donors (Lipinski definition) is 2. The average molecular weight is 776 g/mol. The van der Waals surface area contributed by atoms with Crippen molar-refractivity contribution in [2.75, 3.05) is 62.4 Å². The van der Waals surface area contributed by atoms with Gasteiger partial charge in [-0.25, -0.2) is 9.48 Å². The quantitative estimate of drug-likeness (QED) is 0.146. The van der Waals surface area contributed by atoms with Crippen molar-refractivity contribution in [1.29, 1.82) is 0 Å². The number of nitrogens with zero attached hydrogens (tertiary/aromatic N) is 7. The lowest BCUT2D eigenvalue weighted by Gasteiger charge is -2.28. The summed E-state index contributed by atoms with van der Waals surface area (Å²) < 4.78 is 15.6. The van der Waals surface area contributed by atoms with Crippen molar-refractivity contribution >= 4 is 35.2 Å². The van der Waals surface area contributed by atoms with Crippen molar-refractivity contribution in [3.63, 3.8) is 0 Å². The van der Waals surface area contributed by atoms with Crippen molar-refractivity contribution in [3.05, 3.63) is 95.4 Å². The molecule has 2 aromatic heterocycles. The Bertz CT molecular complexity index is 2190. The van der Waals surface area contributed by atoms with E-state index in [4.69, 9.17) is 14.6 Å². The minimum atomic E-state index is -0.354. The van der Waals surface area contributed by atoms with E-state index in [9.17, 15) is 9.59 Å². The Kier molecular flexibility index (Phi) is 11.1. The van der Waals surface area contributed by atoms with Gasteiger partial charge in [-0.3, -0.25) is 15.0 Å². The summed E-state index contributed by atoms with van der Waals surface area (Å²) in [5, 5.41) is 20.0. The number of carbonyl (C=O) groups excluding carboxylic acids is 2. The van der Waals surface area contributed by atoms with Gasteiger partial charge < -0.3 is 24.3 Å². The lowest BCUT2D eigenvalue weighted by atomic mass is 9.92. The van der Waals surface area contributed by atoms with Crippen LogP contribution < -0.4 is 15.4 Å². The van der Waals surface area contributed by atoms with E-state index in [0.29, 0.717) is 31.2 Å². The van der Waals surface area contributed by atoms with Crippen LogP contribution in [0.1, 0.15) is 49.8 Å². The third-order valence-electron chi connectivity index (χ3n) is 10.6. The molecule has 1 aliphatic carbocycles. The van der Waals surface area contributed by atoms with Gasteiger partial charge in [-0.2, -0.15) is 5.10 Å². The first-order valence-electron chi connectivity index (χ1n) is 19.4. The molecule has 0 unspecified atom stereocenters. The second-order valence-electron chi connectivity index (χ2n) is 15.4. The normalized spacial score (nSPS) is 15.7. The van der Waals surface area contributed by atoms with Gasteiger partial charge >= 0.3 is 6.03 Å². The highest BCUT2D eigenvalue weighted by molar-refractivity contribution is 7.99. The highest BCUT2D eigenvalue weighted by atomic mass is 32.2. The molecule has 4 heterocycles. The molecule has 3 amide bonds. The number of fused-ring (bicyclic) bond motifs is 2. The monoisotopic (exact) mass is 775 g/mol. The molecule has 1 fully saturated rings. The number of nitrogens with one attached hydrogen (secondary N) is 2. The molecular weight excluding hydrogens is 727 g/mol. The van der Waals surface area contributed by atoms with E-state index in [-0.39, 0.29) is 24.0 Å². The van der Waals surface area contributed by atoms with E-state index in [2.05, 4.69) is 69.3 Å². The maximum Gasteiger partial charge on any atom is 0.324 e. The molecule has 2 N–H and O–H groups in total. The van der Waals surface area contributed by atoms with Crippen molar-refractivity contribution < 1.29 is 19.1 Å². The number of amides is 3. The first-order valence-corrected chi connectivity index (χ1v) is 20.4. The lowest BCUT2D eigenvalue weighted by Crippen LogP contribution is -2.41. The topological polar surface area (TPSA) is 132 Å². The molecule has 1 saturated heterocycles.